The lowest BCUT2D eigenvalue weighted by Gasteiger charge is -2.07. The van der Waals surface area contributed by atoms with Gasteiger partial charge in [0.15, 0.2) is 11.0 Å². The molecule has 0 spiro atoms. The first-order chi connectivity index (χ1) is 14.8. The maximum atomic E-state index is 12.9. The lowest BCUT2D eigenvalue weighted by Crippen LogP contribution is -2.24. The average Bonchev–Trinajstić information content (AvgIpc) is 3.11. The van der Waals surface area contributed by atoms with Crippen LogP contribution in [0.4, 0.5) is 10.1 Å². The molecule has 3 aromatic rings. The second-order valence-corrected chi connectivity index (χ2v) is 7.31. The zero-order valence-corrected chi connectivity index (χ0v) is 17.1. The number of carbonyl (C=O) groups excluding carboxylic acids is 2. The van der Waals surface area contributed by atoms with Gasteiger partial charge >= 0.3 is 5.97 Å². The van der Waals surface area contributed by atoms with E-state index in [4.69, 9.17) is 5.11 Å². The van der Waals surface area contributed by atoms with Crippen LogP contribution in [-0.2, 0) is 18.4 Å². The van der Waals surface area contributed by atoms with Gasteiger partial charge in [-0.15, -0.1) is 10.2 Å². The third-order valence-corrected chi connectivity index (χ3v) is 5.21. The van der Waals surface area contributed by atoms with Gasteiger partial charge in [-0.25, -0.2) is 9.18 Å². The lowest BCUT2D eigenvalue weighted by atomic mass is 10.2. The zero-order valence-electron chi connectivity index (χ0n) is 16.3. The van der Waals surface area contributed by atoms with Gasteiger partial charge in [-0.05, 0) is 48.5 Å². The number of halogens is 1. The molecule has 3 N–H and O–H groups in total. The number of amides is 2. The van der Waals surface area contributed by atoms with E-state index in [1.165, 1.54) is 48.5 Å². The molecule has 9 nitrogen and oxygen atoms in total. The number of nitrogens with zero attached hydrogens (tertiary/aromatic N) is 3. The van der Waals surface area contributed by atoms with Gasteiger partial charge < -0.3 is 20.3 Å². The number of carboxylic acid groups (broad SMARTS) is 1. The molecule has 3 rings (SSSR count). The molecule has 0 aliphatic carbocycles. The number of hydrogen-bond donors (Lipinski definition) is 3. The third-order valence-electron chi connectivity index (χ3n) is 4.19. The second-order valence-electron chi connectivity index (χ2n) is 6.37. The van der Waals surface area contributed by atoms with Crippen LogP contribution < -0.4 is 10.6 Å². The Labute approximate surface area is 180 Å². The maximum Gasteiger partial charge on any atom is 0.335 e. The van der Waals surface area contributed by atoms with Crippen molar-refractivity contribution in [1.82, 2.24) is 20.1 Å². The molecular weight excluding hydrogens is 425 g/mol. The Morgan fingerprint density at radius 1 is 1.03 bits per heavy atom. The van der Waals surface area contributed by atoms with Crippen LogP contribution in [0.1, 0.15) is 26.5 Å². The summed E-state index contributed by atoms with van der Waals surface area (Å²) < 4.78 is 14.6. The second kappa shape index (κ2) is 9.85. The van der Waals surface area contributed by atoms with Gasteiger partial charge in [0, 0.05) is 18.3 Å². The molecule has 0 unspecified atom stereocenters. The van der Waals surface area contributed by atoms with E-state index >= 15 is 0 Å². The molecule has 1 heterocycles. The largest absolute Gasteiger partial charge is 0.478 e. The Morgan fingerprint density at radius 2 is 1.68 bits per heavy atom. The van der Waals surface area contributed by atoms with Crippen LogP contribution in [-0.4, -0.2) is 43.4 Å². The van der Waals surface area contributed by atoms with E-state index in [1.807, 2.05) is 0 Å². The highest BCUT2D eigenvalue weighted by Gasteiger charge is 2.13. The Hall–Kier alpha value is -3.73. The molecular formula is C20H18FN5O4S. The van der Waals surface area contributed by atoms with Gasteiger partial charge in [0.25, 0.3) is 5.91 Å². The first kappa shape index (κ1) is 22.0. The quantitative estimate of drug-likeness (QED) is 0.456. The van der Waals surface area contributed by atoms with Crippen molar-refractivity contribution < 1.29 is 23.9 Å². The minimum atomic E-state index is -1.04. The lowest BCUT2D eigenvalue weighted by molar-refractivity contribution is -0.113. The summed E-state index contributed by atoms with van der Waals surface area (Å²) in [6.07, 6.45) is 0. The van der Waals surface area contributed by atoms with Crippen LogP contribution in [0.15, 0.2) is 53.7 Å². The molecule has 0 fully saturated rings. The number of aromatic nitrogens is 3. The van der Waals surface area contributed by atoms with E-state index in [1.54, 1.807) is 11.6 Å². The average molecular weight is 443 g/mol. The Kier molecular flexibility index (Phi) is 6.98. The molecule has 0 aliphatic rings. The van der Waals surface area contributed by atoms with Gasteiger partial charge in [-0.1, -0.05) is 11.8 Å². The Morgan fingerprint density at radius 3 is 2.32 bits per heavy atom. The first-order valence-electron chi connectivity index (χ1n) is 9.01. The zero-order chi connectivity index (χ0) is 22.4. The number of hydrogen-bond acceptors (Lipinski definition) is 6. The molecule has 0 radical (unpaired) electrons. The standard InChI is InChI=1S/C20H18FN5O4S/c1-26-16(10-22-18(28)12-2-6-14(21)7-3-12)24-25-20(26)31-11-17(27)23-15-8-4-13(5-9-15)19(29)30/h2-9H,10-11H2,1H3,(H,22,28)(H,23,27)(H,29,30). The van der Waals surface area contributed by atoms with Gasteiger partial charge in [0.1, 0.15) is 5.82 Å². The number of rotatable bonds is 8. The number of thioether (sulfide) groups is 1. The molecule has 2 amide bonds. The Bertz CT molecular complexity index is 1100. The predicted molar refractivity (Wildman–Crippen MR) is 111 cm³/mol. The molecule has 0 saturated carbocycles. The fourth-order valence-electron chi connectivity index (χ4n) is 2.51. The fraction of sp³-hybridized carbons (Fsp3) is 0.150. The van der Waals surface area contributed by atoms with Crippen LogP contribution in [0.5, 0.6) is 0 Å². The summed E-state index contributed by atoms with van der Waals surface area (Å²) in [5.41, 5.74) is 0.939. The number of carbonyl (C=O) groups is 3. The van der Waals surface area contributed by atoms with E-state index < -0.39 is 11.8 Å². The summed E-state index contributed by atoms with van der Waals surface area (Å²) in [5, 5.41) is 22.8. The number of anilines is 1. The van der Waals surface area contributed by atoms with E-state index in [9.17, 15) is 18.8 Å². The number of aromatic carboxylic acids is 1. The minimum Gasteiger partial charge on any atom is -0.478 e. The maximum absolute atomic E-state index is 12.9. The molecule has 2 aromatic carbocycles. The van der Waals surface area contributed by atoms with Crippen molar-refractivity contribution in [2.45, 2.75) is 11.7 Å². The van der Waals surface area contributed by atoms with Crippen LogP contribution in [0.25, 0.3) is 0 Å². The summed E-state index contributed by atoms with van der Waals surface area (Å²) in [4.78, 5) is 35.1. The Balaban J connectivity index is 1.50. The van der Waals surface area contributed by atoms with Gasteiger partial charge in [-0.3, -0.25) is 9.59 Å². The molecule has 11 heteroatoms. The van der Waals surface area contributed by atoms with E-state index in [2.05, 4.69) is 20.8 Å². The van der Waals surface area contributed by atoms with Crippen molar-refractivity contribution in [3.05, 3.63) is 71.3 Å². The van der Waals surface area contributed by atoms with Crippen LogP contribution in [0, 0.1) is 5.82 Å². The number of benzene rings is 2. The molecule has 0 saturated heterocycles. The summed E-state index contributed by atoms with van der Waals surface area (Å²) in [5.74, 6) is -1.57. The topological polar surface area (TPSA) is 126 Å². The van der Waals surface area contributed by atoms with Crippen molar-refractivity contribution >= 4 is 35.2 Å². The van der Waals surface area contributed by atoms with Crippen LogP contribution in [0.2, 0.25) is 0 Å². The van der Waals surface area contributed by atoms with E-state index in [-0.39, 0.29) is 29.7 Å². The highest BCUT2D eigenvalue weighted by molar-refractivity contribution is 7.99. The molecule has 1 aromatic heterocycles. The smallest absolute Gasteiger partial charge is 0.335 e. The molecule has 0 bridgehead atoms. The molecule has 0 atom stereocenters. The third kappa shape index (κ3) is 5.89. The highest BCUT2D eigenvalue weighted by Crippen LogP contribution is 2.17. The number of nitrogens with one attached hydrogen (secondary N) is 2. The number of carboxylic acids is 1. The summed E-state index contributed by atoms with van der Waals surface area (Å²) in [6, 6.07) is 11.0. The van der Waals surface area contributed by atoms with E-state index in [0.29, 0.717) is 22.2 Å². The van der Waals surface area contributed by atoms with Crippen LogP contribution in [0.3, 0.4) is 0 Å². The van der Waals surface area contributed by atoms with Gasteiger partial charge in [0.2, 0.25) is 5.91 Å². The van der Waals surface area contributed by atoms with Crippen molar-refractivity contribution in [1.29, 1.82) is 0 Å². The normalized spacial score (nSPS) is 10.5. The highest BCUT2D eigenvalue weighted by atomic mass is 32.2. The predicted octanol–water partition coefficient (Wildman–Crippen LogP) is 2.31. The summed E-state index contributed by atoms with van der Waals surface area (Å²) in [7, 11) is 1.71. The molecule has 160 valence electrons. The van der Waals surface area contributed by atoms with Crippen molar-refractivity contribution in [3.8, 4) is 0 Å². The molecule has 0 aliphatic heterocycles. The van der Waals surface area contributed by atoms with Gasteiger partial charge in [0.05, 0.1) is 17.9 Å². The van der Waals surface area contributed by atoms with Crippen molar-refractivity contribution in [2.24, 2.45) is 7.05 Å². The molecule has 31 heavy (non-hydrogen) atoms. The minimum absolute atomic E-state index is 0.0641. The SMILES string of the molecule is Cn1c(CNC(=O)c2ccc(F)cc2)nnc1SCC(=O)Nc1ccc(C(=O)O)cc1. The van der Waals surface area contributed by atoms with Crippen molar-refractivity contribution in [2.75, 3.05) is 11.1 Å². The van der Waals surface area contributed by atoms with Crippen LogP contribution >= 0.6 is 11.8 Å². The monoisotopic (exact) mass is 443 g/mol. The van der Waals surface area contributed by atoms with Crippen molar-refractivity contribution in [3.63, 3.8) is 0 Å². The first-order valence-corrected chi connectivity index (χ1v) is 10.00. The van der Waals surface area contributed by atoms with Gasteiger partial charge in [-0.2, -0.15) is 0 Å². The van der Waals surface area contributed by atoms with E-state index in [0.717, 1.165) is 11.8 Å². The fourth-order valence-corrected chi connectivity index (χ4v) is 3.24. The summed E-state index contributed by atoms with van der Waals surface area (Å²) in [6.45, 7) is 0.113. The summed E-state index contributed by atoms with van der Waals surface area (Å²) >= 11 is 1.16.